The molecule has 7 heteroatoms. The second-order valence-corrected chi connectivity index (χ2v) is 6.82. The molecule has 142 valence electrons. The van der Waals surface area contributed by atoms with E-state index in [0.29, 0.717) is 25.5 Å². The van der Waals surface area contributed by atoms with Gasteiger partial charge >= 0.3 is 0 Å². The number of piperazine rings is 1. The van der Waals surface area contributed by atoms with Crippen LogP contribution >= 0.6 is 0 Å². The molecule has 0 saturated carbocycles. The van der Waals surface area contributed by atoms with E-state index in [9.17, 15) is 4.79 Å². The summed E-state index contributed by atoms with van der Waals surface area (Å²) in [7, 11) is 0. The van der Waals surface area contributed by atoms with E-state index in [0.717, 1.165) is 44.2 Å². The van der Waals surface area contributed by atoms with Gasteiger partial charge in [-0.2, -0.15) is 0 Å². The molecular weight excluding hydrogens is 344 g/mol. The zero-order valence-corrected chi connectivity index (χ0v) is 15.3. The minimum atomic E-state index is -0.00705. The SMILES string of the molecule is O=C(CN1CCN(Cc2cccnc2)CC1)Nc1ccc2c(c1)OCCO2. The third-order valence-corrected chi connectivity index (χ3v) is 4.79. The number of hydrogen-bond acceptors (Lipinski definition) is 6. The van der Waals surface area contributed by atoms with Crippen molar-refractivity contribution in [2.24, 2.45) is 0 Å². The lowest BCUT2D eigenvalue weighted by molar-refractivity contribution is -0.117. The predicted molar refractivity (Wildman–Crippen MR) is 102 cm³/mol. The Morgan fingerprint density at radius 3 is 2.59 bits per heavy atom. The number of carbonyl (C=O) groups is 1. The first-order valence-electron chi connectivity index (χ1n) is 9.29. The van der Waals surface area contributed by atoms with Crippen molar-refractivity contribution in [3.8, 4) is 11.5 Å². The first-order valence-corrected chi connectivity index (χ1v) is 9.29. The summed E-state index contributed by atoms with van der Waals surface area (Å²) in [5.74, 6) is 1.40. The Morgan fingerprint density at radius 1 is 1.04 bits per heavy atom. The molecule has 0 atom stereocenters. The van der Waals surface area contributed by atoms with Crippen molar-refractivity contribution in [2.75, 3.05) is 51.3 Å². The van der Waals surface area contributed by atoms with Gasteiger partial charge in [-0.15, -0.1) is 0 Å². The van der Waals surface area contributed by atoms with E-state index in [1.807, 2.05) is 30.5 Å². The summed E-state index contributed by atoms with van der Waals surface area (Å²) >= 11 is 0. The van der Waals surface area contributed by atoms with Crippen molar-refractivity contribution in [3.05, 3.63) is 48.3 Å². The normalized spacial score (nSPS) is 17.5. The molecule has 2 aliphatic rings. The van der Waals surface area contributed by atoms with Crippen LogP contribution in [0.2, 0.25) is 0 Å². The van der Waals surface area contributed by atoms with Crippen molar-refractivity contribution in [1.29, 1.82) is 0 Å². The topological polar surface area (TPSA) is 66.9 Å². The smallest absolute Gasteiger partial charge is 0.238 e. The molecule has 1 amide bonds. The Morgan fingerprint density at radius 2 is 1.81 bits per heavy atom. The van der Waals surface area contributed by atoms with Gasteiger partial charge in [-0.05, 0) is 23.8 Å². The highest BCUT2D eigenvalue weighted by molar-refractivity contribution is 5.92. The van der Waals surface area contributed by atoms with E-state index in [-0.39, 0.29) is 5.91 Å². The van der Waals surface area contributed by atoms with Crippen molar-refractivity contribution in [3.63, 3.8) is 0 Å². The fraction of sp³-hybridized carbons (Fsp3) is 0.400. The molecule has 2 aliphatic heterocycles. The Balaban J connectivity index is 1.24. The number of nitrogens with zero attached hydrogens (tertiary/aromatic N) is 3. The number of rotatable bonds is 5. The minimum Gasteiger partial charge on any atom is -0.486 e. The fourth-order valence-corrected chi connectivity index (χ4v) is 3.38. The number of aromatic nitrogens is 1. The second kappa shape index (κ2) is 8.37. The van der Waals surface area contributed by atoms with Gasteiger partial charge in [0, 0.05) is 56.9 Å². The lowest BCUT2D eigenvalue weighted by Gasteiger charge is -2.34. The number of benzene rings is 1. The van der Waals surface area contributed by atoms with Crippen LogP contribution in [0.3, 0.4) is 0 Å². The average molecular weight is 368 g/mol. The van der Waals surface area contributed by atoms with Crippen molar-refractivity contribution >= 4 is 11.6 Å². The van der Waals surface area contributed by atoms with Crippen LogP contribution in [-0.4, -0.2) is 66.6 Å². The summed E-state index contributed by atoms with van der Waals surface area (Å²) < 4.78 is 11.1. The number of pyridine rings is 1. The van der Waals surface area contributed by atoms with Crippen LogP contribution in [0.25, 0.3) is 0 Å². The maximum atomic E-state index is 12.4. The minimum absolute atomic E-state index is 0.00705. The van der Waals surface area contributed by atoms with E-state index in [2.05, 4.69) is 26.2 Å². The molecule has 4 rings (SSSR count). The molecule has 0 bridgehead atoms. The molecule has 1 N–H and O–H groups in total. The number of anilines is 1. The first-order chi connectivity index (χ1) is 13.3. The molecule has 1 saturated heterocycles. The van der Waals surface area contributed by atoms with Crippen LogP contribution in [0.4, 0.5) is 5.69 Å². The molecule has 1 fully saturated rings. The van der Waals surface area contributed by atoms with Crippen molar-refractivity contribution in [2.45, 2.75) is 6.54 Å². The van der Waals surface area contributed by atoms with E-state index in [1.54, 1.807) is 6.20 Å². The van der Waals surface area contributed by atoms with Crippen LogP contribution < -0.4 is 14.8 Å². The van der Waals surface area contributed by atoms with Gasteiger partial charge in [0.1, 0.15) is 13.2 Å². The number of fused-ring (bicyclic) bond motifs is 1. The van der Waals surface area contributed by atoms with Crippen LogP contribution in [0.5, 0.6) is 11.5 Å². The van der Waals surface area contributed by atoms with Crippen LogP contribution in [0, 0.1) is 0 Å². The van der Waals surface area contributed by atoms with E-state index < -0.39 is 0 Å². The average Bonchev–Trinajstić information content (AvgIpc) is 2.70. The van der Waals surface area contributed by atoms with Crippen molar-refractivity contribution in [1.82, 2.24) is 14.8 Å². The van der Waals surface area contributed by atoms with Crippen LogP contribution in [0.15, 0.2) is 42.7 Å². The third-order valence-electron chi connectivity index (χ3n) is 4.79. The molecule has 0 spiro atoms. The summed E-state index contributed by atoms with van der Waals surface area (Å²) in [5, 5.41) is 2.95. The summed E-state index contributed by atoms with van der Waals surface area (Å²) in [5.41, 5.74) is 1.96. The fourth-order valence-electron chi connectivity index (χ4n) is 3.38. The Kier molecular flexibility index (Phi) is 5.50. The number of amides is 1. The van der Waals surface area contributed by atoms with Crippen molar-refractivity contribution < 1.29 is 14.3 Å². The summed E-state index contributed by atoms with van der Waals surface area (Å²) in [4.78, 5) is 21.1. The largest absolute Gasteiger partial charge is 0.486 e. The molecule has 0 unspecified atom stereocenters. The Labute approximate surface area is 158 Å². The number of ether oxygens (including phenoxy) is 2. The summed E-state index contributed by atoms with van der Waals surface area (Å²) in [6.45, 7) is 6.07. The number of nitrogens with one attached hydrogen (secondary N) is 1. The maximum absolute atomic E-state index is 12.4. The Bertz CT molecular complexity index is 776. The molecular formula is C20H24N4O3. The summed E-state index contributed by atoms with van der Waals surface area (Å²) in [6.07, 6.45) is 3.70. The number of hydrogen-bond donors (Lipinski definition) is 1. The molecule has 1 aromatic heterocycles. The molecule has 27 heavy (non-hydrogen) atoms. The van der Waals surface area contributed by atoms with Gasteiger partial charge in [-0.1, -0.05) is 6.07 Å². The van der Waals surface area contributed by atoms with Gasteiger partial charge in [-0.3, -0.25) is 19.6 Å². The van der Waals surface area contributed by atoms with Crippen LogP contribution in [0.1, 0.15) is 5.56 Å². The van der Waals surface area contributed by atoms with Crippen LogP contribution in [-0.2, 0) is 11.3 Å². The second-order valence-electron chi connectivity index (χ2n) is 6.82. The monoisotopic (exact) mass is 368 g/mol. The van der Waals surface area contributed by atoms with Gasteiger partial charge in [0.25, 0.3) is 0 Å². The zero-order valence-electron chi connectivity index (χ0n) is 15.3. The number of carbonyl (C=O) groups excluding carboxylic acids is 1. The molecule has 3 heterocycles. The lowest BCUT2D eigenvalue weighted by Crippen LogP contribution is -2.48. The van der Waals surface area contributed by atoms with Gasteiger partial charge in [-0.25, -0.2) is 0 Å². The maximum Gasteiger partial charge on any atom is 0.238 e. The molecule has 1 aromatic carbocycles. The molecule has 7 nitrogen and oxygen atoms in total. The third kappa shape index (κ3) is 4.75. The predicted octanol–water partition coefficient (Wildman–Crippen LogP) is 1.61. The summed E-state index contributed by atoms with van der Waals surface area (Å²) in [6, 6.07) is 9.56. The van der Waals surface area contributed by atoms with E-state index >= 15 is 0 Å². The molecule has 2 aromatic rings. The van der Waals surface area contributed by atoms with Gasteiger partial charge < -0.3 is 14.8 Å². The first kappa shape index (κ1) is 17.8. The van der Waals surface area contributed by atoms with Gasteiger partial charge in [0.2, 0.25) is 5.91 Å². The lowest BCUT2D eigenvalue weighted by atomic mass is 10.2. The van der Waals surface area contributed by atoms with Gasteiger partial charge in [0.15, 0.2) is 11.5 Å². The Hall–Kier alpha value is -2.64. The van der Waals surface area contributed by atoms with E-state index in [1.165, 1.54) is 5.56 Å². The highest BCUT2D eigenvalue weighted by Gasteiger charge is 2.19. The molecule has 0 aliphatic carbocycles. The van der Waals surface area contributed by atoms with E-state index in [4.69, 9.17) is 9.47 Å². The van der Waals surface area contributed by atoms with Gasteiger partial charge in [0.05, 0.1) is 6.54 Å². The quantitative estimate of drug-likeness (QED) is 0.865. The highest BCUT2D eigenvalue weighted by Crippen LogP contribution is 2.32. The highest BCUT2D eigenvalue weighted by atomic mass is 16.6. The zero-order chi connectivity index (χ0) is 18.5. The molecule has 0 radical (unpaired) electrons. The standard InChI is InChI=1S/C20H24N4O3/c25-20(22-17-3-4-18-19(12-17)27-11-10-26-18)15-24-8-6-23(7-9-24)14-16-2-1-5-21-13-16/h1-5,12-13H,6-11,14-15H2,(H,22,25).